The van der Waals surface area contributed by atoms with E-state index in [2.05, 4.69) is 15.3 Å². The van der Waals surface area contributed by atoms with Crippen molar-refractivity contribution < 1.29 is 4.74 Å². The maximum absolute atomic E-state index is 5.32. The predicted molar refractivity (Wildman–Crippen MR) is 73.5 cm³/mol. The van der Waals surface area contributed by atoms with Crippen molar-refractivity contribution in [1.29, 1.82) is 0 Å². The largest absolute Gasteiger partial charge is 0.494 e. The molecule has 0 unspecified atom stereocenters. The van der Waals surface area contributed by atoms with E-state index in [1.807, 2.05) is 44.6 Å². The first kappa shape index (κ1) is 14.0. The maximum Gasteiger partial charge on any atom is 0.148 e. The van der Waals surface area contributed by atoms with Crippen LogP contribution in [0.5, 0.6) is 5.75 Å². The summed E-state index contributed by atoms with van der Waals surface area (Å²) in [6, 6.07) is 1.85. The molecule has 1 N–H and O–H groups in total. The molecule has 0 radical (unpaired) electrons. The molecule has 0 aliphatic carbocycles. The van der Waals surface area contributed by atoms with Gasteiger partial charge < -0.3 is 14.6 Å². The van der Waals surface area contributed by atoms with Gasteiger partial charge in [0.25, 0.3) is 0 Å². The topological polar surface area (TPSA) is 52.0 Å². The molecule has 2 rings (SSSR count). The molecule has 2 aromatic rings. The molecule has 0 aliphatic heterocycles. The summed E-state index contributed by atoms with van der Waals surface area (Å²) in [6.45, 7) is 5.94. The number of pyridine rings is 1. The normalized spacial score (nSPS) is 9.39. The van der Waals surface area contributed by atoms with E-state index < -0.39 is 0 Å². The van der Waals surface area contributed by atoms with Crippen LogP contribution in [0.15, 0.2) is 24.8 Å². The zero-order valence-electron chi connectivity index (χ0n) is 11.6. The number of aryl methyl sites for hydroxylation is 1. The number of aromatic nitrogens is 3. The van der Waals surface area contributed by atoms with Gasteiger partial charge in [-0.1, -0.05) is 13.8 Å². The summed E-state index contributed by atoms with van der Waals surface area (Å²) < 4.78 is 7.21. The highest BCUT2D eigenvalue weighted by Gasteiger charge is 2.07. The smallest absolute Gasteiger partial charge is 0.148 e. The van der Waals surface area contributed by atoms with E-state index in [1.54, 1.807) is 19.6 Å². The summed E-state index contributed by atoms with van der Waals surface area (Å²) in [6.07, 6.45) is 5.43. The van der Waals surface area contributed by atoms with Crippen molar-refractivity contribution >= 4 is 5.82 Å². The predicted octanol–water partition coefficient (Wildman–Crippen LogP) is 2.65. The van der Waals surface area contributed by atoms with Crippen molar-refractivity contribution in [3.8, 4) is 11.4 Å². The molecule has 0 saturated heterocycles. The zero-order chi connectivity index (χ0) is 13.5. The van der Waals surface area contributed by atoms with Crippen molar-refractivity contribution in [2.45, 2.75) is 20.8 Å². The Hall–Kier alpha value is -2.04. The van der Waals surface area contributed by atoms with Gasteiger partial charge in [0, 0.05) is 19.3 Å². The highest BCUT2D eigenvalue weighted by atomic mass is 16.5. The van der Waals surface area contributed by atoms with Gasteiger partial charge in [-0.25, -0.2) is 9.97 Å². The minimum absolute atomic E-state index is 0.761. The molecule has 0 aliphatic rings. The first-order valence-electron chi connectivity index (χ1n) is 5.97. The number of hydrogen-bond acceptors (Lipinski definition) is 4. The van der Waals surface area contributed by atoms with E-state index in [0.29, 0.717) is 0 Å². The number of anilines is 1. The van der Waals surface area contributed by atoms with Crippen LogP contribution in [0.3, 0.4) is 0 Å². The monoisotopic (exact) mass is 248 g/mol. The summed E-state index contributed by atoms with van der Waals surface area (Å²) in [5, 5.41) is 2.97. The van der Waals surface area contributed by atoms with Gasteiger partial charge in [-0.15, -0.1) is 0 Å². The second kappa shape index (κ2) is 6.64. The van der Waals surface area contributed by atoms with Crippen LogP contribution in [0.4, 0.5) is 5.82 Å². The number of hydrogen-bond donors (Lipinski definition) is 1. The molecule has 0 bridgehead atoms. The van der Waals surface area contributed by atoms with Gasteiger partial charge in [0.05, 0.1) is 25.3 Å². The maximum atomic E-state index is 5.32. The third kappa shape index (κ3) is 3.00. The third-order valence-electron chi connectivity index (χ3n) is 2.31. The van der Waals surface area contributed by atoms with Crippen molar-refractivity contribution in [2.24, 2.45) is 0 Å². The quantitative estimate of drug-likeness (QED) is 0.907. The number of nitrogens with zero attached hydrogens (tertiary/aromatic N) is 3. The van der Waals surface area contributed by atoms with Crippen molar-refractivity contribution in [1.82, 2.24) is 14.5 Å². The van der Waals surface area contributed by atoms with Crippen LogP contribution < -0.4 is 10.1 Å². The molecule has 0 aromatic carbocycles. The van der Waals surface area contributed by atoms with Crippen molar-refractivity contribution in [3.05, 3.63) is 30.5 Å². The number of rotatable bonds is 3. The lowest BCUT2D eigenvalue weighted by molar-refractivity contribution is 0.412. The van der Waals surface area contributed by atoms with E-state index in [1.165, 1.54) is 0 Å². The van der Waals surface area contributed by atoms with E-state index in [4.69, 9.17) is 4.74 Å². The molecule has 0 fully saturated rings. The van der Waals surface area contributed by atoms with Crippen LogP contribution >= 0.6 is 0 Å². The van der Waals surface area contributed by atoms with Crippen LogP contribution in [0.1, 0.15) is 19.5 Å². The highest BCUT2D eigenvalue weighted by molar-refractivity contribution is 5.52. The average molecular weight is 248 g/mol. The summed E-state index contributed by atoms with van der Waals surface area (Å²) in [7, 11) is 3.46. The Morgan fingerprint density at radius 3 is 2.50 bits per heavy atom. The van der Waals surface area contributed by atoms with E-state index in [0.717, 1.165) is 22.9 Å². The SMILES string of the molecule is CC.CNc1cc(OC)c(-n2cnc(C)c2)cn1. The van der Waals surface area contributed by atoms with Crippen LogP contribution in [0.25, 0.3) is 5.69 Å². The van der Waals surface area contributed by atoms with Gasteiger partial charge in [-0.05, 0) is 6.92 Å². The molecule has 5 heteroatoms. The fourth-order valence-corrected chi connectivity index (χ4v) is 1.48. The molecule has 0 amide bonds. The standard InChI is InChI=1S/C11H14N4O.C2H6/c1-8-6-15(7-14-8)9-5-13-11(12-2)4-10(9)16-3;1-2/h4-7H,1-3H3,(H,12,13);1-2H3. The lowest BCUT2D eigenvalue weighted by Gasteiger charge is -2.09. The van der Waals surface area contributed by atoms with Crippen LogP contribution in [-0.4, -0.2) is 28.7 Å². The molecule has 5 nitrogen and oxygen atoms in total. The summed E-state index contributed by atoms with van der Waals surface area (Å²) in [4.78, 5) is 8.43. The van der Waals surface area contributed by atoms with Gasteiger partial charge in [0.2, 0.25) is 0 Å². The molecular formula is C13H20N4O. The molecule has 2 aromatic heterocycles. The zero-order valence-corrected chi connectivity index (χ0v) is 11.6. The highest BCUT2D eigenvalue weighted by Crippen LogP contribution is 2.24. The van der Waals surface area contributed by atoms with E-state index in [-0.39, 0.29) is 0 Å². The fourth-order valence-electron chi connectivity index (χ4n) is 1.48. The Morgan fingerprint density at radius 2 is 2.00 bits per heavy atom. The van der Waals surface area contributed by atoms with E-state index in [9.17, 15) is 0 Å². The number of methoxy groups -OCH3 is 1. The molecule has 0 spiro atoms. The summed E-state index contributed by atoms with van der Waals surface area (Å²) in [5.74, 6) is 1.54. The molecule has 0 atom stereocenters. The van der Waals surface area contributed by atoms with Crippen molar-refractivity contribution in [3.63, 3.8) is 0 Å². The van der Waals surface area contributed by atoms with Crippen LogP contribution in [-0.2, 0) is 0 Å². The molecule has 2 heterocycles. The van der Waals surface area contributed by atoms with Crippen LogP contribution in [0, 0.1) is 6.92 Å². The van der Waals surface area contributed by atoms with Gasteiger partial charge >= 0.3 is 0 Å². The summed E-state index contributed by atoms with van der Waals surface area (Å²) >= 11 is 0. The lowest BCUT2D eigenvalue weighted by atomic mass is 10.3. The second-order valence-corrected chi connectivity index (χ2v) is 3.41. The number of nitrogens with one attached hydrogen (secondary N) is 1. The molecular weight excluding hydrogens is 228 g/mol. The van der Waals surface area contributed by atoms with Crippen molar-refractivity contribution in [2.75, 3.05) is 19.5 Å². The van der Waals surface area contributed by atoms with Gasteiger partial charge in [-0.3, -0.25) is 0 Å². The Bertz CT molecular complexity index is 493. The lowest BCUT2D eigenvalue weighted by Crippen LogP contribution is -1.99. The first-order valence-corrected chi connectivity index (χ1v) is 5.97. The van der Waals surface area contributed by atoms with Gasteiger partial charge in [0.1, 0.15) is 17.3 Å². The molecule has 98 valence electrons. The average Bonchev–Trinajstić information content (AvgIpc) is 2.86. The second-order valence-electron chi connectivity index (χ2n) is 3.41. The number of ether oxygens (including phenoxy) is 1. The minimum atomic E-state index is 0.761. The number of imidazole rings is 1. The first-order chi connectivity index (χ1) is 8.74. The van der Waals surface area contributed by atoms with E-state index >= 15 is 0 Å². The summed E-state index contributed by atoms with van der Waals surface area (Å²) in [5.41, 5.74) is 1.84. The third-order valence-corrected chi connectivity index (χ3v) is 2.31. The Balaban J connectivity index is 0.000000771. The van der Waals surface area contributed by atoms with Crippen LogP contribution in [0.2, 0.25) is 0 Å². The fraction of sp³-hybridized carbons (Fsp3) is 0.385. The van der Waals surface area contributed by atoms with Gasteiger partial charge in [-0.2, -0.15) is 0 Å². The Kier molecular flexibility index (Phi) is 5.17. The Morgan fingerprint density at radius 1 is 1.28 bits per heavy atom. The molecule has 0 saturated carbocycles. The van der Waals surface area contributed by atoms with Gasteiger partial charge in [0.15, 0.2) is 0 Å². The Labute approximate surface area is 108 Å². The molecule has 18 heavy (non-hydrogen) atoms. The minimum Gasteiger partial charge on any atom is -0.494 e.